The van der Waals surface area contributed by atoms with Gasteiger partial charge in [0.1, 0.15) is 11.6 Å². The van der Waals surface area contributed by atoms with E-state index in [0.717, 1.165) is 18.2 Å². The van der Waals surface area contributed by atoms with E-state index in [4.69, 9.17) is 10.5 Å². The molecule has 0 aliphatic heterocycles. The van der Waals surface area contributed by atoms with Crippen molar-refractivity contribution in [2.45, 2.75) is 19.6 Å². The summed E-state index contributed by atoms with van der Waals surface area (Å²) in [5, 5.41) is 3.89. The summed E-state index contributed by atoms with van der Waals surface area (Å²) in [7, 11) is 0. The SMILES string of the molecule is CCn1nc(C(=O)Oc2cccc(C(F)(F)F)c2)cc1N. The van der Waals surface area contributed by atoms with E-state index in [9.17, 15) is 18.0 Å². The normalized spacial score (nSPS) is 11.4. The molecule has 0 radical (unpaired) electrons. The molecular weight excluding hydrogens is 287 g/mol. The molecule has 8 heteroatoms. The van der Waals surface area contributed by atoms with E-state index in [1.807, 2.05) is 0 Å². The van der Waals surface area contributed by atoms with E-state index in [0.29, 0.717) is 6.54 Å². The molecule has 1 heterocycles. The highest BCUT2D eigenvalue weighted by atomic mass is 19.4. The Morgan fingerprint density at radius 2 is 2.10 bits per heavy atom. The topological polar surface area (TPSA) is 70.1 Å². The monoisotopic (exact) mass is 299 g/mol. The summed E-state index contributed by atoms with van der Waals surface area (Å²) in [6.07, 6.45) is -4.50. The summed E-state index contributed by atoms with van der Waals surface area (Å²) >= 11 is 0. The average molecular weight is 299 g/mol. The minimum Gasteiger partial charge on any atom is -0.422 e. The molecule has 0 spiro atoms. The Hall–Kier alpha value is -2.51. The Morgan fingerprint density at radius 1 is 1.38 bits per heavy atom. The number of ether oxygens (including phenoxy) is 1. The average Bonchev–Trinajstić information content (AvgIpc) is 2.79. The minimum atomic E-state index is -4.50. The molecule has 21 heavy (non-hydrogen) atoms. The number of esters is 1. The van der Waals surface area contributed by atoms with Gasteiger partial charge in [-0.25, -0.2) is 9.48 Å². The zero-order chi connectivity index (χ0) is 15.6. The van der Waals surface area contributed by atoms with Gasteiger partial charge in [0, 0.05) is 12.6 Å². The molecule has 0 saturated heterocycles. The molecule has 2 aromatic rings. The Kier molecular flexibility index (Phi) is 3.88. The maximum atomic E-state index is 12.6. The van der Waals surface area contributed by atoms with Crippen molar-refractivity contribution in [2.24, 2.45) is 0 Å². The third kappa shape index (κ3) is 3.33. The maximum Gasteiger partial charge on any atom is 0.416 e. The fraction of sp³-hybridized carbons (Fsp3) is 0.231. The number of aromatic nitrogens is 2. The number of benzene rings is 1. The number of nitrogens with two attached hydrogens (primary N) is 1. The fourth-order valence-electron chi connectivity index (χ4n) is 1.68. The van der Waals surface area contributed by atoms with E-state index in [2.05, 4.69) is 5.10 Å². The van der Waals surface area contributed by atoms with Crippen LogP contribution in [0.25, 0.3) is 0 Å². The van der Waals surface area contributed by atoms with Crippen LogP contribution in [0.5, 0.6) is 5.75 Å². The zero-order valence-electron chi connectivity index (χ0n) is 11.0. The summed E-state index contributed by atoms with van der Waals surface area (Å²) in [6, 6.07) is 5.36. The number of hydrogen-bond donors (Lipinski definition) is 1. The number of carbonyl (C=O) groups is 1. The lowest BCUT2D eigenvalue weighted by Crippen LogP contribution is -2.11. The standard InChI is InChI=1S/C13H12F3N3O2/c1-2-19-11(17)7-10(18-19)12(20)21-9-5-3-4-8(6-9)13(14,15)16/h3-7H,2,17H2,1H3. The molecule has 0 atom stereocenters. The number of anilines is 1. The summed E-state index contributed by atoms with van der Waals surface area (Å²) < 4.78 is 43.9. The van der Waals surface area contributed by atoms with Crippen molar-refractivity contribution in [3.05, 3.63) is 41.6 Å². The number of hydrogen-bond acceptors (Lipinski definition) is 4. The number of carbonyl (C=O) groups excluding carboxylic acids is 1. The number of halogens is 3. The van der Waals surface area contributed by atoms with Crippen molar-refractivity contribution < 1.29 is 22.7 Å². The molecule has 0 saturated carbocycles. The molecule has 2 N–H and O–H groups in total. The molecule has 5 nitrogen and oxygen atoms in total. The van der Waals surface area contributed by atoms with Gasteiger partial charge in [0.25, 0.3) is 0 Å². The summed E-state index contributed by atoms with van der Waals surface area (Å²) in [4.78, 5) is 11.8. The van der Waals surface area contributed by atoms with Gasteiger partial charge >= 0.3 is 12.1 Å². The lowest BCUT2D eigenvalue weighted by molar-refractivity contribution is -0.137. The van der Waals surface area contributed by atoms with Crippen molar-refractivity contribution in [3.63, 3.8) is 0 Å². The molecule has 0 bridgehead atoms. The van der Waals surface area contributed by atoms with Crippen molar-refractivity contribution in [2.75, 3.05) is 5.73 Å². The highest BCUT2D eigenvalue weighted by Gasteiger charge is 2.30. The van der Waals surface area contributed by atoms with Gasteiger partial charge in [-0.1, -0.05) is 6.07 Å². The van der Waals surface area contributed by atoms with E-state index in [-0.39, 0.29) is 17.3 Å². The quantitative estimate of drug-likeness (QED) is 0.699. The van der Waals surface area contributed by atoms with Crippen LogP contribution in [0.1, 0.15) is 23.0 Å². The van der Waals surface area contributed by atoms with Crippen LogP contribution in [-0.2, 0) is 12.7 Å². The minimum absolute atomic E-state index is 0.0632. The Labute approximate surface area is 118 Å². The Bertz CT molecular complexity index is 665. The van der Waals surface area contributed by atoms with Gasteiger partial charge in [0.05, 0.1) is 5.56 Å². The van der Waals surface area contributed by atoms with Crippen LogP contribution in [0.15, 0.2) is 30.3 Å². The largest absolute Gasteiger partial charge is 0.422 e. The Morgan fingerprint density at radius 3 is 2.67 bits per heavy atom. The molecule has 0 aliphatic rings. The van der Waals surface area contributed by atoms with Crippen LogP contribution >= 0.6 is 0 Å². The first-order valence-corrected chi connectivity index (χ1v) is 6.04. The molecule has 0 fully saturated rings. The van der Waals surface area contributed by atoms with Crippen LogP contribution < -0.4 is 10.5 Å². The molecule has 0 aliphatic carbocycles. The summed E-state index contributed by atoms with van der Waals surface area (Å²) in [5.74, 6) is -0.804. The van der Waals surface area contributed by atoms with Crippen molar-refractivity contribution in [1.29, 1.82) is 0 Å². The number of alkyl halides is 3. The Balaban J connectivity index is 2.19. The molecule has 112 valence electrons. The highest BCUT2D eigenvalue weighted by molar-refractivity contribution is 5.89. The smallest absolute Gasteiger partial charge is 0.416 e. The third-order valence-corrected chi connectivity index (χ3v) is 2.69. The molecule has 0 unspecified atom stereocenters. The lowest BCUT2D eigenvalue weighted by atomic mass is 10.2. The number of aryl methyl sites for hydroxylation is 1. The number of nitrogen functional groups attached to an aromatic ring is 1. The fourth-order valence-corrected chi connectivity index (χ4v) is 1.68. The van der Waals surface area contributed by atoms with Gasteiger partial charge in [0.15, 0.2) is 5.69 Å². The molecule has 1 aromatic heterocycles. The van der Waals surface area contributed by atoms with Gasteiger partial charge in [-0.05, 0) is 25.1 Å². The second-order valence-corrected chi connectivity index (χ2v) is 4.19. The first-order valence-electron chi connectivity index (χ1n) is 6.04. The maximum absolute atomic E-state index is 12.6. The van der Waals surface area contributed by atoms with Crippen LogP contribution in [0, 0.1) is 0 Å². The van der Waals surface area contributed by atoms with E-state index in [1.54, 1.807) is 6.92 Å². The first kappa shape index (κ1) is 14.9. The second-order valence-electron chi connectivity index (χ2n) is 4.19. The molecular formula is C13H12F3N3O2. The van der Waals surface area contributed by atoms with Crippen molar-refractivity contribution in [3.8, 4) is 5.75 Å². The summed E-state index contributed by atoms with van der Waals surface area (Å²) in [5.41, 5.74) is 4.65. The number of nitrogens with zero attached hydrogens (tertiary/aromatic N) is 2. The van der Waals surface area contributed by atoms with E-state index >= 15 is 0 Å². The van der Waals surface area contributed by atoms with Crippen LogP contribution in [0.4, 0.5) is 19.0 Å². The second kappa shape index (κ2) is 5.47. The third-order valence-electron chi connectivity index (χ3n) is 2.69. The summed E-state index contributed by atoms with van der Waals surface area (Å²) in [6.45, 7) is 2.24. The van der Waals surface area contributed by atoms with Crippen LogP contribution in [-0.4, -0.2) is 15.7 Å². The molecule has 1 aromatic carbocycles. The molecule has 0 amide bonds. The van der Waals surface area contributed by atoms with Crippen LogP contribution in [0.2, 0.25) is 0 Å². The van der Waals surface area contributed by atoms with Gasteiger partial charge in [-0.15, -0.1) is 0 Å². The van der Waals surface area contributed by atoms with Crippen molar-refractivity contribution in [1.82, 2.24) is 9.78 Å². The predicted molar refractivity (Wildman–Crippen MR) is 68.7 cm³/mol. The predicted octanol–water partition coefficient (Wildman–Crippen LogP) is 2.72. The van der Waals surface area contributed by atoms with Gasteiger partial charge < -0.3 is 10.5 Å². The highest BCUT2D eigenvalue weighted by Crippen LogP contribution is 2.31. The number of rotatable bonds is 3. The first-order chi connectivity index (χ1) is 9.81. The van der Waals surface area contributed by atoms with Crippen LogP contribution in [0.3, 0.4) is 0 Å². The van der Waals surface area contributed by atoms with Gasteiger partial charge in [-0.3, -0.25) is 0 Å². The van der Waals surface area contributed by atoms with E-state index < -0.39 is 17.7 Å². The van der Waals surface area contributed by atoms with Gasteiger partial charge in [0.2, 0.25) is 0 Å². The zero-order valence-corrected chi connectivity index (χ0v) is 11.0. The van der Waals surface area contributed by atoms with Gasteiger partial charge in [-0.2, -0.15) is 18.3 Å². The lowest BCUT2D eigenvalue weighted by Gasteiger charge is -2.08. The van der Waals surface area contributed by atoms with Crippen molar-refractivity contribution >= 4 is 11.8 Å². The molecule has 2 rings (SSSR count). The van der Waals surface area contributed by atoms with E-state index in [1.165, 1.54) is 16.8 Å².